The molecule has 110 valence electrons. The van der Waals surface area contributed by atoms with Crippen molar-refractivity contribution in [1.29, 1.82) is 0 Å². The van der Waals surface area contributed by atoms with Crippen molar-refractivity contribution in [2.45, 2.75) is 11.3 Å². The Bertz CT molecular complexity index is 590. The molecule has 1 aromatic carbocycles. The summed E-state index contributed by atoms with van der Waals surface area (Å²) >= 11 is 0. The van der Waals surface area contributed by atoms with Gasteiger partial charge in [-0.2, -0.15) is 0 Å². The molecule has 1 aliphatic heterocycles. The summed E-state index contributed by atoms with van der Waals surface area (Å²) in [7, 11) is -1.27. The first-order valence-corrected chi connectivity index (χ1v) is 8.51. The van der Waals surface area contributed by atoms with Gasteiger partial charge in [-0.15, -0.1) is 0 Å². The molecule has 0 unspecified atom stereocenters. The maximum Gasteiger partial charge on any atom is 0.227 e. The van der Waals surface area contributed by atoms with Crippen molar-refractivity contribution in [2.75, 3.05) is 39.5 Å². The van der Waals surface area contributed by atoms with Gasteiger partial charge in [-0.05, 0) is 18.7 Å². The van der Waals surface area contributed by atoms with Gasteiger partial charge >= 0.3 is 0 Å². The molecule has 0 bridgehead atoms. The molecule has 6 heteroatoms. The number of likely N-dealkylation sites (N-methyl/N-ethyl adjacent to an activating group) is 1. The van der Waals surface area contributed by atoms with E-state index in [4.69, 9.17) is 0 Å². The van der Waals surface area contributed by atoms with Gasteiger partial charge in [0.2, 0.25) is 5.91 Å². The number of hydrogen-bond acceptors (Lipinski definition) is 4. The summed E-state index contributed by atoms with van der Waals surface area (Å²) in [5, 5.41) is 0. The van der Waals surface area contributed by atoms with Crippen LogP contribution in [0.4, 0.5) is 0 Å². The highest BCUT2D eigenvalue weighted by Gasteiger charge is 2.21. The Morgan fingerprint density at radius 2 is 1.75 bits per heavy atom. The lowest BCUT2D eigenvalue weighted by Crippen LogP contribution is -2.47. The predicted molar refractivity (Wildman–Crippen MR) is 77.3 cm³/mol. The van der Waals surface area contributed by atoms with Crippen LogP contribution in [0, 0.1) is 0 Å². The summed E-state index contributed by atoms with van der Waals surface area (Å²) in [6.07, 6.45) is 1.32. The average molecular weight is 296 g/mol. The fourth-order valence-corrected chi connectivity index (χ4v) is 3.28. The molecular weight excluding hydrogens is 276 g/mol. The Morgan fingerprint density at radius 3 is 2.35 bits per heavy atom. The highest BCUT2D eigenvalue weighted by atomic mass is 32.2. The van der Waals surface area contributed by atoms with Crippen molar-refractivity contribution >= 4 is 15.7 Å². The second-order valence-corrected chi connectivity index (χ2v) is 7.22. The van der Waals surface area contributed by atoms with Gasteiger partial charge in [0.25, 0.3) is 0 Å². The van der Waals surface area contributed by atoms with Gasteiger partial charge in [0.15, 0.2) is 9.84 Å². The van der Waals surface area contributed by atoms with E-state index in [9.17, 15) is 13.2 Å². The number of carbonyl (C=O) groups is 1. The summed E-state index contributed by atoms with van der Waals surface area (Å²) in [5.74, 6) is -0.00537. The largest absolute Gasteiger partial charge is 0.340 e. The molecule has 0 N–H and O–H groups in total. The van der Waals surface area contributed by atoms with Crippen LogP contribution in [0.1, 0.15) is 5.56 Å². The lowest BCUT2D eigenvalue weighted by molar-refractivity contribution is -0.132. The zero-order valence-corrected chi connectivity index (χ0v) is 12.7. The maximum absolute atomic E-state index is 12.3. The van der Waals surface area contributed by atoms with Crippen LogP contribution in [-0.4, -0.2) is 63.6 Å². The molecule has 0 spiro atoms. The van der Waals surface area contributed by atoms with Gasteiger partial charge in [-0.25, -0.2) is 8.42 Å². The molecule has 1 fully saturated rings. The Labute approximate surface area is 120 Å². The molecule has 1 saturated heterocycles. The second kappa shape index (κ2) is 5.93. The summed E-state index contributed by atoms with van der Waals surface area (Å²) < 4.78 is 23.4. The van der Waals surface area contributed by atoms with Gasteiger partial charge in [0.05, 0.1) is 11.3 Å². The van der Waals surface area contributed by atoms with Crippen LogP contribution in [0.15, 0.2) is 29.2 Å². The Kier molecular flexibility index (Phi) is 4.45. The Morgan fingerprint density at radius 1 is 1.15 bits per heavy atom. The van der Waals surface area contributed by atoms with Crippen molar-refractivity contribution in [3.8, 4) is 0 Å². The van der Waals surface area contributed by atoms with Crippen molar-refractivity contribution in [1.82, 2.24) is 9.80 Å². The molecule has 0 atom stereocenters. The first kappa shape index (κ1) is 15.0. The molecule has 0 aliphatic carbocycles. The summed E-state index contributed by atoms with van der Waals surface area (Å²) in [6, 6.07) is 6.72. The Balaban J connectivity index is 2.13. The van der Waals surface area contributed by atoms with Crippen LogP contribution in [0.5, 0.6) is 0 Å². The van der Waals surface area contributed by atoms with Crippen LogP contribution in [0.2, 0.25) is 0 Å². The van der Waals surface area contributed by atoms with Crippen molar-refractivity contribution < 1.29 is 13.2 Å². The molecule has 1 heterocycles. The molecular formula is C14H20N2O3S. The van der Waals surface area contributed by atoms with Crippen LogP contribution in [0.25, 0.3) is 0 Å². The topological polar surface area (TPSA) is 57.7 Å². The normalized spacial score (nSPS) is 17.2. The molecule has 0 radical (unpaired) electrons. The molecule has 0 saturated carbocycles. The third-order valence-electron chi connectivity index (χ3n) is 3.57. The van der Waals surface area contributed by atoms with E-state index < -0.39 is 9.84 Å². The number of amides is 1. The van der Waals surface area contributed by atoms with E-state index in [-0.39, 0.29) is 17.2 Å². The van der Waals surface area contributed by atoms with Crippen LogP contribution in [0.3, 0.4) is 0 Å². The first-order valence-electron chi connectivity index (χ1n) is 6.62. The van der Waals surface area contributed by atoms with Crippen LogP contribution < -0.4 is 0 Å². The lowest BCUT2D eigenvalue weighted by Gasteiger charge is -2.32. The third kappa shape index (κ3) is 3.58. The van der Waals surface area contributed by atoms with Crippen LogP contribution in [-0.2, 0) is 21.1 Å². The van der Waals surface area contributed by atoms with E-state index in [1.54, 1.807) is 29.2 Å². The van der Waals surface area contributed by atoms with E-state index in [0.717, 1.165) is 13.1 Å². The fourth-order valence-electron chi connectivity index (χ4n) is 2.34. The predicted octanol–water partition coefficient (Wildman–Crippen LogP) is 0.407. The number of sulfone groups is 1. The van der Waals surface area contributed by atoms with E-state index >= 15 is 0 Å². The minimum absolute atomic E-state index is 0.00537. The molecule has 20 heavy (non-hydrogen) atoms. The second-order valence-electron chi connectivity index (χ2n) is 5.24. The summed E-state index contributed by atoms with van der Waals surface area (Å²) in [6.45, 7) is 3.13. The zero-order valence-electron chi connectivity index (χ0n) is 11.9. The van der Waals surface area contributed by atoms with E-state index in [2.05, 4.69) is 4.90 Å². The molecule has 1 aliphatic rings. The molecule has 2 rings (SSSR count). The number of hydrogen-bond donors (Lipinski definition) is 0. The number of carbonyl (C=O) groups excluding carboxylic acids is 1. The zero-order chi connectivity index (χ0) is 14.8. The highest BCUT2D eigenvalue weighted by Crippen LogP contribution is 2.17. The third-order valence-corrected chi connectivity index (χ3v) is 4.77. The van der Waals surface area contributed by atoms with Gasteiger partial charge in [-0.1, -0.05) is 18.2 Å². The van der Waals surface area contributed by atoms with Gasteiger partial charge in [0, 0.05) is 32.4 Å². The smallest absolute Gasteiger partial charge is 0.227 e. The van der Waals surface area contributed by atoms with Gasteiger partial charge < -0.3 is 9.80 Å². The Hall–Kier alpha value is -1.40. The van der Waals surface area contributed by atoms with E-state index in [1.165, 1.54) is 6.26 Å². The number of benzene rings is 1. The standard InChI is InChI=1S/C14H20N2O3S/c1-15-7-9-16(10-8-15)14(17)11-12-5-3-4-6-13(12)20(2,18)19/h3-6H,7-11H2,1-2H3. The van der Waals surface area contributed by atoms with E-state index in [1.807, 2.05) is 7.05 Å². The monoisotopic (exact) mass is 296 g/mol. The fraction of sp³-hybridized carbons (Fsp3) is 0.500. The number of piperazine rings is 1. The minimum Gasteiger partial charge on any atom is -0.340 e. The van der Waals surface area contributed by atoms with Crippen molar-refractivity contribution in [2.24, 2.45) is 0 Å². The van der Waals surface area contributed by atoms with Crippen LogP contribution >= 0.6 is 0 Å². The lowest BCUT2D eigenvalue weighted by atomic mass is 10.1. The molecule has 1 aromatic rings. The highest BCUT2D eigenvalue weighted by molar-refractivity contribution is 7.90. The number of nitrogens with zero attached hydrogens (tertiary/aromatic N) is 2. The van der Waals surface area contributed by atoms with Crippen molar-refractivity contribution in [3.63, 3.8) is 0 Å². The first-order chi connectivity index (χ1) is 9.38. The molecule has 5 nitrogen and oxygen atoms in total. The number of rotatable bonds is 3. The van der Waals surface area contributed by atoms with Gasteiger partial charge in [0.1, 0.15) is 0 Å². The molecule has 0 aromatic heterocycles. The maximum atomic E-state index is 12.3. The molecule has 1 amide bonds. The SMILES string of the molecule is CN1CCN(C(=O)Cc2ccccc2S(C)(=O)=O)CC1. The summed E-state index contributed by atoms with van der Waals surface area (Å²) in [5.41, 5.74) is 0.582. The van der Waals surface area contributed by atoms with Crippen molar-refractivity contribution in [3.05, 3.63) is 29.8 Å². The average Bonchev–Trinajstić information content (AvgIpc) is 2.38. The van der Waals surface area contributed by atoms with Gasteiger partial charge in [-0.3, -0.25) is 4.79 Å². The quantitative estimate of drug-likeness (QED) is 0.810. The minimum atomic E-state index is -3.30. The van der Waals surface area contributed by atoms with E-state index in [0.29, 0.717) is 18.7 Å². The summed E-state index contributed by atoms with van der Waals surface area (Å²) in [4.78, 5) is 16.5.